The van der Waals surface area contributed by atoms with Crippen LogP contribution in [-0.2, 0) is 11.3 Å². The molecule has 2 heterocycles. The lowest BCUT2D eigenvalue weighted by Crippen LogP contribution is -2.13. The Labute approximate surface area is 135 Å². The van der Waals surface area contributed by atoms with E-state index in [1.807, 2.05) is 0 Å². The van der Waals surface area contributed by atoms with E-state index < -0.39 is 11.7 Å². The Balaban J connectivity index is 2.05. The molecule has 1 aromatic carbocycles. The van der Waals surface area contributed by atoms with Gasteiger partial charge in [0.05, 0.1) is 11.5 Å². The summed E-state index contributed by atoms with van der Waals surface area (Å²) in [6.07, 6.45) is 1.45. The van der Waals surface area contributed by atoms with Gasteiger partial charge in [0.1, 0.15) is 5.82 Å². The number of benzene rings is 1. The standard InChI is InChI=1S/C16H13FN2O3S/c1-22-8-9-13-10(17)4-2-6-12(13)23-14(9)16(21)19-15-11(20)5-3-7-18-15/h2-7,20H,8H2,1H3,(H,18,19,21). The van der Waals surface area contributed by atoms with Gasteiger partial charge in [-0.1, -0.05) is 6.07 Å². The number of nitrogens with zero attached hydrogens (tertiary/aromatic N) is 1. The number of hydrogen-bond acceptors (Lipinski definition) is 5. The van der Waals surface area contributed by atoms with E-state index >= 15 is 0 Å². The van der Waals surface area contributed by atoms with Crippen LogP contribution in [0.25, 0.3) is 10.1 Å². The Hall–Kier alpha value is -2.51. The first kappa shape index (κ1) is 15.4. The number of halogens is 1. The molecule has 3 aromatic rings. The van der Waals surface area contributed by atoms with Gasteiger partial charge in [-0.3, -0.25) is 4.79 Å². The molecule has 0 unspecified atom stereocenters. The maximum atomic E-state index is 14.1. The molecule has 1 amide bonds. The molecule has 0 aliphatic carbocycles. The number of aromatic nitrogens is 1. The molecule has 0 aliphatic heterocycles. The summed E-state index contributed by atoms with van der Waals surface area (Å²) in [6.45, 7) is 0.109. The van der Waals surface area contributed by atoms with Crippen LogP contribution in [0, 0.1) is 5.82 Å². The molecule has 0 saturated heterocycles. The first-order valence-corrected chi connectivity index (χ1v) is 7.57. The third-order valence-electron chi connectivity index (χ3n) is 3.28. The Morgan fingerprint density at radius 2 is 2.22 bits per heavy atom. The van der Waals surface area contributed by atoms with Crippen molar-refractivity contribution in [3.63, 3.8) is 0 Å². The minimum Gasteiger partial charge on any atom is -0.504 e. The Morgan fingerprint density at radius 3 is 2.96 bits per heavy atom. The number of methoxy groups -OCH3 is 1. The fraction of sp³-hybridized carbons (Fsp3) is 0.125. The lowest BCUT2D eigenvalue weighted by molar-refractivity contribution is 0.102. The quantitative estimate of drug-likeness (QED) is 0.766. The first-order valence-electron chi connectivity index (χ1n) is 6.76. The average Bonchev–Trinajstić information content (AvgIpc) is 2.90. The van der Waals surface area contributed by atoms with Gasteiger partial charge in [-0.25, -0.2) is 9.37 Å². The summed E-state index contributed by atoms with van der Waals surface area (Å²) in [5.41, 5.74) is 0.485. The van der Waals surface area contributed by atoms with Crippen LogP contribution in [0.4, 0.5) is 10.2 Å². The molecule has 0 atom stereocenters. The van der Waals surface area contributed by atoms with Crippen LogP contribution < -0.4 is 5.32 Å². The minimum atomic E-state index is -0.466. The van der Waals surface area contributed by atoms with Crippen LogP contribution in [-0.4, -0.2) is 23.1 Å². The zero-order valence-corrected chi connectivity index (χ0v) is 13.0. The maximum absolute atomic E-state index is 14.1. The van der Waals surface area contributed by atoms with Gasteiger partial charge in [0, 0.05) is 29.0 Å². The smallest absolute Gasteiger partial charge is 0.267 e. The highest BCUT2D eigenvalue weighted by molar-refractivity contribution is 7.21. The Kier molecular flexibility index (Phi) is 4.22. The summed E-state index contributed by atoms with van der Waals surface area (Å²) in [5, 5.41) is 12.6. The van der Waals surface area contributed by atoms with Gasteiger partial charge in [0.15, 0.2) is 11.6 Å². The molecule has 0 saturated carbocycles. The van der Waals surface area contributed by atoms with E-state index in [-0.39, 0.29) is 18.2 Å². The van der Waals surface area contributed by atoms with Crippen molar-refractivity contribution in [3.05, 3.63) is 52.8 Å². The van der Waals surface area contributed by atoms with Crippen LogP contribution >= 0.6 is 11.3 Å². The average molecular weight is 332 g/mol. The van der Waals surface area contributed by atoms with Crippen molar-refractivity contribution in [2.24, 2.45) is 0 Å². The largest absolute Gasteiger partial charge is 0.504 e. The monoisotopic (exact) mass is 332 g/mol. The molecule has 0 spiro atoms. The number of hydrogen-bond donors (Lipinski definition) is 2. The van der Waals surface area contributed by atoms with E-state index in [0.29, 0.717) is 20.5 Å². The molecule has 2 N–H and O–H groups in total. The predicted molar refractivity (Wildman–Crippen MR) is 86.4 cm³/mol. The molecule has 0 fully saturated rings. The van der Waals surface area contributed by atoms with Crippen molar-refractivity contribution in [1.82, 2.24) is 4.98 Å². The number of rotatable bonds is 4. The van der Waals surface area contributed by atoms with Crippen LogP contribution in [0.2, 0.25) is 0 Å². The lowest BCUT2D eigenvalue weighted by Gasteiger charge is -2.06. The van der Waals surface area contributed by atoms with Gasteiger partial charge in [0.25, 0.3) is 5.91 Å². The van der Waals surface area contributed by atoms with E-state index in [0.717, 1.165) is 0 Å². The van der Waals surface area contributed by atoms with E-state index in [9.17, 15) is 14.3 Å². The number of fused-ring (bicyclic) bond motifs is 1. The highest BCUT2D eigenvalue weighted by Gasteiger charge is 2.21. The van der Waals surface area contributed by atoms with Crippen LogP contribution in [0.15, 0.2) is 36.5 Å². The Morgan fingerprint density at radius 1 is 1.39 bits per heavy atom. The third-order valence-corrected chi connectivity index (χ3v) is 4.47. The van der Waals surface area contributed by atoms with E-state index in [1.54, 1.807) is 18.2 Å². The second-order valence-electron chi connectivity index (χ2n) is 4.78. The lowest BCUT2D eigenvalue weighted by atomic mass is 10.1. The summed E-state index contributed by atoms with van der Waals surface area (Å²) in [5.74, 6) is -0.947. The van der Waals surface area contributed by atoms with Gasteiger partial charge in [-0.05, 0) is 24.3 Å². The molecule has 7 heteroatoms. The van der Waals surface area contributed by atoms with Crippen LogP contribution in [0.3, 0.4) is 0 Å². The van der Waals surface area contributed by atoms with Crippen molar-refractivity contribution >= 4 is 33.1 Å². The first-order chi connectivity index (χ1) is 11.1. The highest BCUT2D eigenvalue weighted by atomic mass is 32.1. The molecular weight excluding hydrogens is 319 g/mol. The van der Waals surface area contributed by atoms with Gasteiger partial charge >= 0.3 is 0 Å². The normalized spacial score (nSPS) is 10.9. The SMILES string of the molecule is COCc1c(C(=O)Nc2ncccc2O)sc2cccc(F)c12. The number of thiophene rings is 1. The number of anilines is 1. The van der Waals surface area contributed by atoms with Gasteiger partial charge in [-0.2, -0.15) is 0 Å². The molecule has 5 nitrogen and oxygen atoms in total. The number of carbonyl (C=O) groups excluding carboxylic acids is 1. The minimum absolute atomic E-state index is 0.0544. The Bertz CT molecular complexity index is 879. The zero-order chi connectivity index (χ0) is 16.4. The van der Waals surface area contributed by atoms with Crippen molar-refractivity contribution in [2.45, 2.75) is 6.61 Å². The van der Waals surface area contributed by atoms with E-state index in [4.69, 9.17) is 4.74 Å². The number of aromatic hydroxyl groups is 1. The molecule has 2 aromatic heterocycles. The number of nitrogens with one attached hydrogen (secondary N) is 1. The maximum Gasteiger partial charge on any atom is 0.267 e. The fourth-order valence-electron chi connectivity index (χ4n) is 2.29. The fourth-order valence-corrected chi connectivity index (χ4v) is 3.41. The van der Waals surface area contributed by atoms with E-state index in [1.165, 1.54) is 36.8 Å². The second-order valence-corrected chi connectivity index (χ2v) is 5.83. The summed E-state index contributed by atoms with van der Waals surface area (Å²) in [7, 11) is 1.48. The number of pyridine rings is 1. The van der Waals surface area contributed by atoms with Crippen molar-refractivity contribution < 1.29 is 19.0 Å². The molecule has 0 bridgehead atoms. The predicted octanol–water partition coefficient (Wildman–Crippen LogP) is 3.54. The number of carbonyl (C=O) groups is 1. The molecular formula is C16H13FN2O3S. The second kappa shape index (κ2) is 6.31. The van der Waals surface area contributed by atoms with E-state index in [2.05, 4.69) is 10.3 Å². The van der Waals surface area contributed by atoms with Crippen molar-refractivity contribution in [3.8, 4) is 5.75 Å². The van der Waals surface area contributed by atoms with Gasteiger partial charge in [0.2, 0.25) is 0 Å². The summed E-state index contributed by atoms with van der Waals surface area (Å²) >= 11 is 1.17. The zero-order valence-electron chi connectivity index (χ0n) is 12.2. The van der Waals surface area contributed by atoms with Gasteiger partial charge < -0.3 is 15.2 Å². The van der Waals surface area contributed by atoms with Crippen molar-refractivity contribution in [2.75, 3.05) is 12.4 Å². The summed E-state index contributed by atoms with van der Waals surface area (Å²) in [6, 6.07) is 7.66. The number of amides is 1. The summed E-state index contributed by atoms with van der Waals surface area (Å²) in [4.78, 5) is 16.8. The number of ether oxygens (including phenoxy) is 1. The summed E-state index contributed by atoms with van der Waals surface area (Å²) < 4.78 is 19.9. The van der Waals surface area contributed by atoms with Crippen molar-refractivity contribution in [1.29, 1.82) is 0 Å². The topological polar surface area (TPSA) is 71.5 Å². The molecule has 118 valence electrons. The third kappa shape index (κ3) is 2.88. The van der Waals surface area contributed by atoms with Crippen LogP contribution in [0.1, 0.15) is 15.2 Å². The van der Waals surface area contributed by atoms with Gasteiger partial charge in [-0.15, -0.1) is 11.3 Å². The molecule has 0 aliphatic rings. The van der Waals surface area contributed by atoms with Crippen LogP contribution in [0.5, 0.6) is 5.75 Å². The molecule has 23 heavy (non-hydrogen) atoms. The molecule has 3 rings (SSSR count). The highest BCUT2D eigenvalue weighted by Crippen LogP contribution is 2.34. The molecule has 0 radical (unpaired) electrons.